The second kappa shape index (κ2) is 7.46. The third kappa shape index (κ3) is 5.05. The van der Waals surface area contributed by atoms with Crippen LogP contribution in [0.25, 0.3) is 0 Å². The lowest BCUT2D eigenvalue weighted by atomic mass is 9.83. The molecule has 0 atom stereocenters. The topological polar surface area (TPSA) is 47.6 Å². The zero-order chi connectivity index (χ0) is 15.1. The van der Waals surface area contributed by atoms with Gasteiger partial charge >= 0.3 is 5.97 Å². The van der Waals surface area contributed by atoms with Gasteiger partial charge in [-0.1, -0.05) is 18.2 Å². The SMILES string of the molecule is CC(C)(OC(=O)CCOc1ccccc1)C1CCNCC1. The highest BCUT2D eigenvalue weighted by Gasteiger charge is 2.33. The quantitative estimate of drug-likeness (QED) is 0.819. The van der Waals surface area contributed by atoms with Crippen LogP contribution in [0.2, 0.25) is 0 Å². The van der Waals surface area contributed by atoms with Crippen LogP contribution in [0.3, 0.4) is 0 Å². The Kier molecular flexibility index (Phi) is 5.62. The monoisotopic (exact) mass is 291 g/mol. The predicted octanol–water partition coefficient (Wildman–Crippen LogP) is 2.78. The van der Waals surface area contributed by atoms with Crippen LogP contribution in [0.4, 0.5) is 0 Å². The Hall–Kier alpha value is -1.55. The molecule has 0 saturated carbocycles. The van der Waals surface area contributed by atoms with Crippen molar-refractivity contribution in [2.45, 2.75) is 38.7 Å². The van der Waals surface area contributed by atoms with Gasteiger partial charge in [0.1, 0.15) is 11.4 Å². The normalized spacial score (nSPS) is 16.5. The van der Waals surface area contributed by atoms with Crippen molar-refractivity contribution < 1.29 is 14.3 Å². The third-order valence-corrected chi connectivity index (χ3v) is 4.02. The molecule has 4 heteroatoms. The average Bonchev–Trinajstić information content (AvgIpc) is 2.49. The predicted molar refractivity (Wildman–Crippen MR) is 82.3 cm³/mol. The molecule has 116 valence electrons. The first kappa shape index (κ1) is 15.8. The summed E-state index contributed by atoms with van der Waals surface area (Å²) >= 11 is 0. The molecule has 1 N–H and O–H groups in total. The van der Waals surface area contributed by atoms with Crippen molar-refractivity contribution in [1.82, 2.24) is 5.32 Å². The molecule has 1 aliphatic heterocycles. The van der Waals surface area contributed by atoms with E-state index in [0.717, 1.165) is 31.7 Å². The highest BCUT2D eigenvalue weighted by molar-refractivity contribution is 5.70. The number of esters is 1. The largest absolute Gasteiger partial charge is 0.493 e. The second-order valence-corrected chi connectivity index (χ2v) is 6.01. The van der Waals surface area contributed by atoms with E-state index in [4.69, 9.17) is 9.47 Å². The van der Waals surface area contributed by atoms with E-state index in [1.54, 1.807) is 0 Å². The van der Waals surface area contributed by atoms with Crippen LogP contribution in [-0.2, 0) is 9.53 Å². The molecule has 0 radical (unpaired) electrons. The molecule has 1 fully saturated rings. The van der Waals surface area contributed by atoms with E-state index in [0.29, 0.717) is 12.5 Å². The number of piperidine rings is 1. The molecule has 2 rings (SSSR count). The molecule has 0 amide bonds. The summed E-state index contributed by atoms with van der Waals surface area (Å²) in [5, 5.41) is 3.33. The Morgan fingerprint density at radius 2 is 1.90 bits per heavy atom. The van der Waals surface area contributed by atoms with Gasteiger partial charge in [0.15, 0.2) is 0 Å². The summed E-state index contributed by atoms with van der Waals surface area (Å²) in [6, 6.07) is 9.51. The maximum atomic E-state index is 12.0. The standard InChI is InChI=1S/C17H25NO3/c1-17(2,14-8-11-18-12-9-14)21-16(19)10-13-20-15-6-4-3-5-7-15/h3-7,14,18H,8-13H2,1-2H3. The van der Waals surface area contributed by atoms with Gasteiger partial charge in [-0.25, -0.2) is 0 Å². The number of para-hydroxylation sites is 1. The van der Waals surface area contributed by atoms with E-state index in [2.05, 4.69) is 5.32 Å². The summed E-state index contributed by atoms with van der Waals surface area (Å²) in [6.07, 6.45) is 2.39. The van der Waals surface area contributed by atoms with Crippen molar-refractivity contribution in [3.05, 3.63) is 30.3 Å². The summed E-state index contributed by atoms with van der Waals surface area (Å²) in [6.45, 7) is 6.38. The summed E-state index contributed by atoms with van der Waals surface area (Å²) < 4.78 is 11.2. The van der Waals surface area contributed by atoms with Gasteiger partial charge in [-0.15, -0.1) is 0 Å². The Balaban J connectivity index is 1.73. The molecule has 4 nitrogen and oxygen atoms in total. The van der Waals surface area contributed by atoms with Crippen molar-refractivity contribution in [3.8, 4) is 5.75 Å². The molecular formula is C17H25NO3. The van der Waals surface area contributed by atoms with Crippen LogP contribution in [0, 0.1) is 5.92 Å². The van der Waals surface area contributed by atoms with Gasteiger partial charge in [0.2, 0.25) is 0 Å². The van der Waals surface area contributed by atoms with Gasteiger partial charge < -0.3 is 14.8 Å². The number of carbonyl (C=O) groups is 1. The molecule has 1 aromatic rings. The Labute approximate surface area is 126 Å². The molecule has 21 heavy (non-hydrogen) atoms. The van der Waals surface area contributed by atoms with Gasteiger partial charge in [0.05, 0.1) is 13.0 Å². The number of nitrogens with one attached hydrogen (secondary N) is 1. The van der Waals surface area contributed by atoms with E-state index >= 15 is 0 Å². The van der Waals surface area contributed by atoms with Gasteiger partial charge in [-0.3, -0.25) is 4.79 Å². The van der Waals surface area contributed by atoms with Crippen molar-refractivity contribution in [2.24, 2.45) is 5.92 Å². The van der Waals surface area contributed by atoms with Crippen molar-refractivity contribution in [2.75, 3.05) is 19.7 Å². The van der Waals surface area contributed by atoms with Crippen molar-refractivity contribution in [3.63, 3.8) is 0 Å². The van der Waals surface area contributed by atoms with Crippen molar-refractivity contribution in [1.29, 1.82) is 0 Å². The lowest BCUT2D eigenvalue weighted by Crippen LogP contribution is -2.42. The molecule has 0 spiro atoms. The smallest absolute Gasteiger partial charge is 0.309 e. The highest BCUT2D eigenvalue weighted by atomic mass is 16.6. The summed E-state index contributed by atoms with van der Waals surface area (Å²) in [5.41, 5.74) is -0.397. The summed E-state index contributed by atoms with van der Waals surface area (Å²) in [4.78, 5) is 12.0. The molecule has 0 aliphatic carbocycles. The van der Waals surface area contributed by atoms with E-state index in [9.17, 15) is 4.79 Å². The van der Waals surface area contributed by atoms with Crippen LogP contribution in [0.1, 0.15) is 33.1 Å². The first-order chi connectivity index (χ1) is 10.1. The minimum atomic E-state index is -0.397. The molecule has 1 saturated heterocycles. The molecular weight excluding hydrogens is 266 g/mol. The second-order valence-electron chi connectivity index (χ2n) is 6.01. The zero-order valence-corrected chi connectivity index (χ0v) is 12.9. The Morgan fingerprint density at radius 3 is 2.57 bits per heavy atom. The van der Waals surface area contributed by atoms with Crippen LogP contribution >= 0.6 is 0 Å². The fourth-order valence-electron chi connectivity index (χ4n) is 2.71. The first-order valence-electron chi connectivity index (χ1n) is 7.68. The van der Waals surface area contributed by atoms with Crippen molar-refractivity contribution >= 4 is 5.97 Å². The summed E-state index contributed by atoms with van der Waals surface area (Å²) in [5.74, 6) is 1.02. The molecule has 1 aromatic carbocycles. The molecule has 0 unspecified atom stereocenters. The van der Waals surface area contributed by atoms with E-state index in [1.807, 2.05) is 44.2 Å². The number of benzene rings is 1. The fraction of sp³-hybridized carbons (Fsp3) is 0.588. The molecule has 0 aromatic heterocycles. The average molecular weight is 291 g/mol. The number of carbonyl (C=O) groups excluding carboxylic acids is 1. The van der Waals surface area contributed by atoms with Gasteiger partial charge in [0, 0.05) is 5.92 Å². The molecule has 1 heterocycles. The minimum absolute atomic E-state index is 0.186. The first-order valence-corrected chi connectivity index (χ1v) is 7.68. The maximum Gasteiger partial charge on any atom is 0.309 e. The van der Waals surface area contributed by atoms with Gasteiger partial charge in [-0.05, 0) is 51.9 Å². The number of hydrogen-bond acceptors (Lipinski definition) is 4. The van der Waals surface area contributed by atoms with Gasteiger partial charge in [0.25, 0.3) is 0 Å². The minimum Gasteiger partial charge on any atom is -0.493 e. The number of rotatable bonds is 6. The lowest BCUT2D eigenvalue weighted by Gasteiger charge is -2.36. The fourth-order valence-corrected chi connectivity index (χ4v) is 2.71. The van der Waals surface area contributed by atoms with E-state index in [1.165, 1.54) is 0 Å². The lowest BCUT2D eigenvalue weighted by molar-refractivity contribution is -0.163. The number of ether oxygens (including phenoxy) is 2. The third-order valence-electron chi connectivity index (χ3n) is 4.02. The molecule has 1 aliphatic rings. The van der Waals surface area contributed by atoms with Crippen LogP contribution < -0.4 is 10.1 Å². The molecule has 0 bridgehead atoms. The zero-order valence-electron chi connectivity index (χ0n) is 12.9. The highest BCUT2D eigenvalue weighted by Crippen LogP contribution is 2.29. The van der Waals surface area contributed by atoms with Crippen LogP contribution in [-0.4, -0.2) is 31.3 Å². The van der Waals surface area contributed by atoms with E-state index < -0.39 is 5.60 Å². The van der Waals surface area contributed by atoms with Gasteiger partial charge in [-0.2, -0.15) is 0 Å². The Morgan fingerprint density at radius 1 is 1.24 bits per heavy atom. The Bertz CT molecular complexity index is 439. The van der Waals surface area contributed by atoms with Crippen LogP contribution in [0.5, 0.6) is 5.75 Å². The number of hydrogen-bond donors (Lipinski definition) is 1. The maximum absolute atomic E-state index is 12.0. The van der Waals surface area contributed by atoms with E-state index in [-0.39, 0.29) is 12.4 Å². The summed E-state index contributed by atoms with van der Waals surface area (Å²) in [7, 11) is 0. The van der Waals surface area contributed by atoms with Crippen LogP contribution in [0.15, 0.2) is 30.3 Å².